The third-order valence-corrected chi connectivity index (χ3v) is 12.2. The van der Waals surface area contributed by atoms with E-state index in [4.69, 9.17) is 20.7 Å². The first kappa shape index (κ1) is 34.6. The number of benzene rings is 4. The van der Waals surface area contributed by atoms with Crippen molar-refractivity contribution < 1.29 is 0 Å². The Hall–Kier alpha value is -5.43. The first-order chi connectivity index (χ1) is 26.1. The second-order valence-electron chi connectivity index (χ2n) is 13.8. The van der Waals surface area contributed by atoms with Gasteiger partial charge >= 0.3 is 0 Å². The molecule has 1 aliphatic rings. The lowest BCUT2D eigenvalue weighted by Gasteiger charge is -2.39. The van der Waals surface area contributed by atoms with Crippen LogP contribution in [0.5, 0.6) is 0 Å². The smallest absolute Gasteiger partial charge is 0.160 e. The van der Waals surface area contributed by atoms with Crippen molar-refractivity contribution in [3.8, 4) is 33.2 Å². The molecule has 0 aliphatic heterocycles. The van der Waals surface area contributed by atoms with E-state index in [0.29, 0.717) is 5.84 Å². The van der Waals surface area contributed by atoms with Crippen LogP contribution in [0.2, 0.25) is 0 Å². The highest BCUT2D eigenvalue weighted by molar-refractivity contribution is 7.13. The zero-order valence-corrected chi connectivity index (χ0v) is 31.5. The summed E-state index contributed by atoms with van der Waals surface area (Å²) < 4.78 is 0. The van der Waals surface area contributed by atoms with Crippen molar-refractivity contribution in [2.45, 2.75) is 50.4 Å². The number of nitrogens with two attached hydrogens (primary N) is 1. The molecule has 1 atom stereocenters. The summed E-state index contributed by atoms with van der Waals surface area (Å²) in [7, 11) is 0. The minimum absolute atomic E-state index is 0.0662. The number of allylic oxidation sites excluding steroid dienone is 1. The summed E-state index contributed by atoms with van der Waals surface area (Å²) in [4.78, 5) is 17.4. The zero-order chi connectivity index (χ0) is 36.0. The third-order valence-electron chi connectivity index (χ3n) is 10.5. The van der Waals surface area contributed by atoms with E-state index in [0.717, 1.165) is 62.2 Å². The fourth-order valence-corrected chi connectivity index (χ4v) is 8.95. The second kappa shape index (κ2) is 15.7. The third kappa shape index (κ3) is 7.57. The topological polar surface area (TPSA) is 64.2 Å². The largest absolute Gasteiger partial charge is 0.383 e. The maximum atomic E-state index is 6.75. The highest BCUT2D eigenvalue weighted by Gasteiger charge is 2.35. The summed E-state index contributed by atoms with van der Waals surface area (Å²) in [5.74, 6) is 1.47. The van der Waals surface area contributed by atoms with Crippen LogP contribution in [0.1, 0.15) is 72.1 Å². The summed E-state index contributed by atoms with van der Waals surface area (Å²) in [6.07, 6.45) is 8.11. The van der Waals surface area contributed by atoms with Crippen molar-refractivity contribution in [1.29, 1.82) is 0 Å². The van der Waals surface area contributed by atoms with Crippen LogP contribution in [0, 0.1) is 0 Å². The molecule has 0 saturated heterocycles. The Bertz CT molecular complexity index is 2300. The molecular weight excluding hydrogens is 685 g/mol. The molecule has 6 heteroatoms. The Labute approximate surface area is 320 Å². The van der Waals surface area contributed by atoms with Crippen LogP contribution >= 0.6 is 22.7 Å². The molecule has 7 aromatic rings. The van der Waals surface area contributed by atoms with Gasteiger partial charge in [0.1, 0.15) is 5.84 Å². The number of aliphatic imine (C=N–C) groups is 1. The van der Waals surface area contributed by atoms with E-state index in [2.05, 4.69) is 157 Å². The number of hydrogen-bond donors (Lipinski definition) is 1. The van der Waals surface area contributed by atoms with Crippen molar-refractivity contribution in [2.24, 2.45) is 10.7 Å². The summed E-state index contributed by atoms with van der Waals surface area (Å²) in [6, 6.07) is 49.3. The van der Waals surface area contributed by atoms with E-state index < -0.39 is 0 Å². The summed E-state index contributed by atoms with van der Waals surface area (Å²) in [6.45, 7) is 2.21. The molecule has 1 unspecified atom stereocenters. The summed E-state index contributed by atoms with van der Waals surface area (Å²) in [5, 5.41) is 4.18. The molecule has 1 aliphatic carbocycles. The Morgan fingerprint density at radius 3 is 1.98 bits per heavy atom. The van der Waals surface area contributed by atoms with Gasteiger partial charge in [-0.15, -0.1) is 22.7 Å². The molecule has 1 saturated carbocycles. The standard InChI is InChI=1S/C47H42N4S2/c1-33(34-13-5-2-6-14-34)31-41(43-17-11-29-52-43)49-45(48)36-19-23-38(24-20-36)47(27-9-4-10-28-47)39-25-21-37(22-26-39)46-50-40(35-15-7-3-8-16-35)32-42(51-46)44-18-12-30-53-44/h2-3,5-8,11-26,29-33H,4,9-10,27-28H2,1H3,(H2,48,49)/b41-31-. The van der Waals surface area contributed by atoms with Crippen molar-refractivity contribution in [3.05, 3.63) is 183 Å². The molecule has 4 aromatic carbocycles. The minimum atomic E-state index is -0.0662. The molecule has 4 nitrogen and oxygen atoms in total. The van der Waals surface area contributed by atoms with E-state index >= 15 is 0 Å². The zero-order valence-electron chi connectivity index (χ0n) is 29.9. The van der Waals surface area contributed by atoms with Gasteiger partial charge in [0.05, 0.1) is 26.8 Å². The Morgan fingerprint density at radius 2 is 1.32 bits per heavy atom. The van der Waals surface area contributed by atoms with Gasteiger partial charge in [0.25, 0.3) is 0 Å². The Balaban J connectivity index is 1.10. The summed E-state index contributed by atoms with van der Waals surface area (Å²) >= 11 is 3.38. The fourth-order valence-electron chi connectivity index (χ4n) is 7.56. The van der Waals surface area contributed by atoms with Crippen molar-refractivity contribution in [1.82, 2.24) is 9.97 Å². The van der Waals surface area contributed by atoms with E-state index in [9.17, 15) is 0 Å². The molecule has 53 heavy (non-hydrogen) atoms. The first-order valence-corrected chi connectivity index (χ1v) is 20.2. The van der Waals surface area contributed by atoms with Crippen LogP contribution in [-0.2, 0) is 5.41 Å². The SMILES string of the molecule is CC(/C=C(\N=C(N)c1ccc(C2(c3ccc(-c4nc(-c5ccccc5)cc(-c5cccs5)n4)cc3)CCCCC2)cc1)c1cccs1)c1ccccc1. The first-order valence-electron chi connectivity index (χ1n) is 18.4. The van der Waals surface area contributed by atoms with Gasteiger partial charge in [-0.05, 0) is 64.6 Å². The normalized spacial score (nSPS) is 15.3. The fraction of sp³-hybridized carbons (Fsp3) is 0.170. The summed E-state index contributed by atoms with van der Waals surface area (Å²) in [5.41, 5.74) is 16.4. The number of amidine groups is 1. The van der Waals surface area contributed by atoms with Crippen LogP contribution in [0.15, 0.2) is 161 Å². The number of nitrogens with zero attached hydrogens (tertiary/aromatic N) is 3. The van der Waals surface area contributed by atoms with E-state index in [-0.39, 0.29) is 11.3 Å². The number of rotatable bonds is 10. The monoisotopic (exact) mass is 726 g/mol. The molecule has 1 fully saturated rings. The Morgan fingerprint density at radius 1 is 0.679 bits per heavy atom. The van der Waals surface area contributed by atoms with Crippen LogP contribution in [0.4, 0.5) is 0 Å². The molecule has 2 N–H and O–H groups in total. The Kier molecular flexibility index (Phi) is 10.2. The van der Waals surface area contributed by atoms with E-state index in [1.165, 1.54) is 36.0 Å². The highest BCUT2D eigenvalue weighted by atomic mass is 32.1. The van der Waals surface area contributed by atoms with Gasteiger partial charge in [0.2, 0.25) is 0 Å². The lowest BCUT2D eigenvalue weighted by atomic mass is 9.65. The predicted molar refractivity (Wildman–Crippen MR) is 224 cm³/mol. The molecule has 3 heterocycles. The molecule has 262 valence electrons. The number of hydrogen-bond acceptors (Lipinski definition) is 5. The van der Waals surface area contributed by atoms with Crippen LogP contribution in [-0.4, -0.2) is 15.8 Å². The van der Waals surface area contributed by atoms with Gasteiger partial charge in [-0.2, -0.15) is 0 Å². The van der Waals surface area contributed by atoms with Gasteiger partial charge in [-0.3, -0.25) is 0 Å². The molecule has 0 radical (unpaired) electrons. The molecule has 8 rings (SSSR count). The van der Waals surface area contributed by atoms with Crippen LogP contribution in [0.25, 0.3) is 38.9 Å². The predicted octanol–water partition coefficient (Wildman–Crippen LogP) is 12.4. The van der Waals surface area contributed by atoms with Crippen LogP contribution < -0.4 is 5.73 Å². The van der Waals surface area contributed by atoms with E-state index in [1.54, 1.807) is 22.7 Å². The maximum absolute atomic E-state index is 6.75. The molecule has 0 spiro atoms. The van der Waals surface area contributed by atoms with Crippen LogP contribution in [0.3, 0.4) is 0 Å². The average molecular weight is 727 g/mol. The second-order valence-corrected chi connectivity index (χ2v) is 15.7. The van der Waals surface area contributed by atoms with Gasteiger partial charge in [0, 0.05) is 28.0 Å². The molecule has 3 aromatic heterocycles. The molecule has 0 amide bonds. The lowest BCUT2D eigenvalue weighted by Crippen LogP contribution is -2.30. The van der Waals surface area contributed by atoms with Gasteiger partial charge < -0.3 is 5.73 Å². The van der Waals surface area contributed by atoms with Crippen molar-refractivity contribution >= 4 is 34.2 Å². The van der Waals surface area contributed by atoms with Gasteiger partial charge in [0.15, 0.2) is 5.82 Å². The van der Waals surface area contributed by atoms with E-state index in [1.807, 2.05) is 6.07 Å². The van der Waals surface area contributed by atoms with Gasteiger partial charge in [-0.25, -0.2) is 15.0 Å². The maximum Gasteiger partial charge on any atom is 0.160 e. The lowest BCUT2D eigenvalue weighted by molar-refractivity contribution is 0.346. The number of aromatic nitrogens is 2. The van der Waals surface area contributed by atoms with Gasteiger partial charge in [-0.1, -0.05) is 148 Å². The molecule has 0 bridgehead atoms. The minimum Gasteiger partial charge on any atom is -0.383 e. The highest BCUT2D eigenvalue weighted by Crippen LogP contribution is 2.45. The van der Waals surface area contributed by atoms with Crippen molar-refractivity contribution in [2.75, 3.05) is 0 Å². The number of thiophene rings is 2. The molecular formula is C47H42N4S2. The van der Waals surface area contributed by atoms with Crippen molar-refractivity contribution in [3.63, 3.8) is 0 Å². The quantitative estimate of drug-likeness (QED) is 0.113. The average Bonchev–Trinajstić information content (AvgIpc) is 3.98.